The lowest BCUT2D eigenvalue weighted by atomic mass is 9.82. The van der Waals surface area contributed by atoms with Crippen molar-refractivity contribution in [2.75, 3.05) is 26.7 Å². The maximum Gasteiger partial charge on any atom is 0.330 e. The van der Waals surface area contributed by atoms with E-state index in [9.17, 15) is 9.59 Å². The zero-order valence-electron chi connectivity index (χ0n) is 14.2. The third kappa shape index (κ3) is 3.36. The summed E-state index contributed by atoms with van der Waals surface area (Å²) in [6.45, 7) is 5.14. The first-order chi connectivity index (χ1) is 11.5. The molecule has 0 amide bonds. The minimum absolute atomic E-state index is 0.120. The average Bonchev–Trinajstić information content (AvgIpc) is 2.60. The number of carbonyl (C=O) groups excluding carboxylic acids is 2. The molecule has 5 heteroatoms. The molecule has 0 saturated carbocycles. The van der Waals surface area contributed by atoms with Gasteiger partial charge < -0.3 is 14.4 Å². The first kappa shape index (κ1) is 16.7. The molecule has 128 valence electrons. The normalized spacial score (nSPS) is 20.0. The van der Waals surface area contributed by atoms with Crippen molar-refractivity contribution in [1.29, 1.82) is 0 Å². The summed E-state index contributed by atoms with van der Waals surface area (Å²) < 4.78 is 10.8. The summed E-state index contributed by atoms with van der Waals surface area (Å²) in [5.74, 6) is 0.359. The van der Waals surface area contributed by atoms with E-state index >= 15 is 0 Å². The zero-order chi connectivity index (χ0) is 17.2. The monoisotopic (exact) mass is 329 g/mol. The van der Waals surface area contributed by atoms with Crippen LogP contribution in [0.15, 0.2) is 24.3 Å². The minimum atomic E-state index is -0.420. The summed E-state index contributed by atoms with van der Waals surface area (Å²) in [6.07, 6.45) is 5.19. The number of Topliss-reactive ketones (excluding diaryl/α,β-unsaturated/α-hetero) is 1. The molecule has 1 saturated heterocycles. The Morgan fingerprint density at radius 2 is 2.12 bits per heavy atom. The van der Waals surface area contributed by atoms with Crippen molar-refractivity contribution < 1.29 is 19.1 Å². The van der Waals surface area contributed by atoms with E-state index in [2.05, 4.69) is 16.6 Å². The van der Waals surface area contributed by atoms with Gasteiger partial charge in [-0.05, 0) is 30.3 Å². The minimum Gasteiger partial charge on any atom is -0.486 e. The number of nitrogens with zero attached hydrogens (tertiary/aromatic N) is 1. The van der Waals surface area contributed by atoms with Gasteiger partial charge in [-0.15, -0.1) is 0 Å². The fourth-order valence-electron chi connectivity index (χ4n) is 3.40. The lowest BCUT2D eigenvalue weighted by molar-refractivity contribution is -0.134. The summed E-state index contributed by atoms with van der Waals surface area (Å²) in [4.78, 5) is 26.2. The maximum atomic E-state index is 12.6. The van der Waals surface area contributed by atoms with Gasteiger partial charge in [-0.2, -0.15) is 0 Å². The molecule has 1 fully saturated rings. The van der Waals surface area contributed by atoms with Gasteiger partial charge in [0.1, 0.15) is 11.4 Å². The van der Waals surface area contributed by atoms with Gasteiger partial charge >= 0.3 is 5.97 Å². The lowest BCUT2D eigenvalue weighted by Crippen LogP contribution is -2.50. The number of carbonyl (C=O) groups is 2. The molecule has 0 aromatic heterocycles. The van der Waals surface area contributed by atoms with Crippen LogP contribution >= 0.6 is 0 Å². The van der Waals surface area contributed by atoms with E-state index < -0.39 is 5.97 Å². The zero-order valence-corrected chi connectivity index (χ0v) is 14.2. The summed E-state index contributed by atoms with van der Waals surface area (Å²) in [7, 11) is 1.33. The molecule has 0 N–H and O–H groups in total. The van der Waals surface area contributed by atoms with Crippen LogP contribution in [0.25, 0.3) is 6.08 Å². The topological polar surface area (TPSA) is 55.8 Å². The fourth-order valence-corrected chi connectivity index (χ4v) is 3.40. The second-order valence-electron chi connectivity index (χ2n) is 6.43. The highest BCUT2D eigenvalue weighted by atomic mass is 16.5. The SMILES string of the molecule is CCN1CCC2(CC1)CC(=O)c1cc(C=CC(=O)OC)ccc1O2. The highest BCUT2D eigenvalue weighted by Gasteiger charge is 2.42. The predicted molar refractivity (Wildman–Crippen MR) is 91.1 cm³/mol. The van der Waals surface area contributed by atoms with Crippen molar-refractivity contribution in [2.45, 2.75) is 31.8 Å². The van der Waals surface area contributed by atoms with Crippen molar-refractivity contribution in [3.63, 3.8) is 0 Å². The molecule has 1 spiro atoms. The molecule has 2 aliphatic rings. The number of esters is 1. The molecule has 24 heavy (non-hydrogen) atoms. The van der Waals surface area contributed by atoms with E-state index in [1.807, 2.05) is 12.1 Å². The first-order valence-electron chi connectivity index (χ1n) is 8.40. The van der Waals surface area contributed by atoms with Gasteiger partial charge in [-0.1, -0.05) is 13.0 Å². The number of methoxy groups -OCH3 is 1. The van der Waals surface area contributed by atoms with Crippen molar-refractivity contribution >= 4 is 17.8 Å². The number of piperidine rings is 1. The van der Waals surface area contributed by atoms with Gasteiger partial charge in [0.05, 0.1) is 19.1 Å². The van der Waals surface area contributed by atoms with Gasteiger partial charge in [0.2, 0.25) is 0 Å². The molecular formula is C19H23NO4. The second-order valence-corrected chi connectivity index (χ2v) is 6.43. The third-order valence-corrected chi connectivity index (χ3v) is 4.94. The molecule has 0 unspecified atom stereocenters. The quantitative estimate of drug-likeness (QED) is 0.630. The van der Waals surface area contributed by atoms with E-state index in [0.717, 1.165) is 38.0 Å². The molecule has 1 aromatic rings. The molecule has 2 aliphatic heterocycles. The lowest BCUT2D eigenvalue weighted by Gasteiger charge is -2.43. The molecule has 5 nitrogen and oxygen atoms in total. The molecule has 0 aliphatic carbocycles. The van der Waals surface area contributed by atoms with Crippen molar-refractivity contribution in [3.8, 4) is 5.75 Å². The Morgan fingerprint density at radius 1 is 1.38 bits per heavy atom. The summed E-state index contributed by atoms with van der Waals surface area (Å²) in [5, 5.41) is 0. The van der Waals surface area contributed by atoms with Crippen LogP contribution in [0.2, 0.25) is 0 Å². The van der Waals surface area contributed by atoms with Crippen LogP contribution in [-0.4, -0.2) is 49.0 Å². The highest BCUT2D eigenvalue weighted by Crippen LogP contribution is 2.39. The standard InChI is InChI=1S/C19H23NO4/c1-3-20-10-8-19(9-11-20)13-16(21)15-12-14(4-6-17(15)24-19)5-7-18(22)23-2/h4-7,12H,3,8-11,13H2,1-2H3. The van der Waals surface area contributed by atoms with Crippen LogP contribution < -0.4 is 4.74 Å². The number of hydrogen-bond acceptors (Lipinski definition) is 5. The Morgan fingerprint density at radius 3 is 2.79 bits per heavy atom. The summed E-state index contributed by atoms with van der Waals surface area (Å²) in [6, 6.07) is 5.47. The van der Waals surface area contributed by atoms with E-state index in [1.165, 1.54) is 13.2 Å². The van der Waals surface area contributed by atoms with E-state index in [1.54, 1.807) is 12.1 Å². The molecule has 0 bridgehead atoms. The Bertz CT molecular complexity index is 672. The molecule has 0 atom stereocenters. The summed E-state index contributed by atoms with van der Waals surface area (Å²) >= 11 is 0. The molecule has 1 aromatic carbocycles. The number of fused-ring (bicyclic) bond motifs is 1. The number of ketones is 1. The molecule has 3 rings (SSSR count). The largest absolute Gasteiger partial charge is 0.486 e. The second kappa shape index (κ2) is 6.77. The first-order valence-corrected chi connectivity index (χ1v) is 8.40. The smallest absolute Gasteiger partial charge is 0.330 e. The van der Waals surface area contributed by atoms with Crippen molar-refractivity contribution in [3.05, 3.63) is 35.4 Å². The number of rotatable bonds is 3. The third-order valence-electron chi connectivity index (χ3n) is 4.94. The molecule has 2 heterocycles. The van der Waals surface area contributed by atoms with Gasteiger partial charge in [-0.25, -0.2) is 4.79 Å². The van der Waals surface area contributed by atoms with Gasteiger partial charge in [0.15, 0.2) is 5.78 Å². The van der Waals surface area contributed by atoms with E-state index in [0.29, 0.717) is 17.7 Å². The van der Waals surface area contributed by atoms with Crippen molar-refractivity contribution in [1.82, 2.24) is 4.90 Å². The number of likely N-dealkylation sites (tertiary alicyclic amines) is 1. The van der Waals surface area contributed by atoms with Gasteiger partial charge in [-0.3, -0.25) is 4.79 Å². The Balaban J connectivity index is 1.79. The van der Waals surface area contributed by atoms with Crippen LogP contribution in [0.1, 0.15) is 42.1 Å². The highest BCUT2D eigenvalue weighted by molar-refractivity contribution is 6.01. The number of benzene rings is 1. The Kier molecular flexibility index (Phi) is 4.71. The Labute approximate surface area is 142 Å². The maximum absolute atomic E-state index is 12.6. The van der Waals surface area contributed by atoms with Crippen LogP contribution in [-0.2, 0) is 9.53 Å². The molecule has 0 radical (unpaired) electrons. The Hall–Kier alpha value is -2.14. The van der Waals surface area contributed by atoms with Crippen LogP contribution in [0.4, 0.5) is 0 Å². The predicted octanol–water partition coefficient (Wildman–Crippen LogP) is 2.69. The van der Waals surface area contributed by atoms with Crippen LogP contribution in [0.3, 0.4) is 0 Å². The fraction of sp³-hybridized carbons (Fsp3) is 0.474. The number of ether oxygens (including phenoxy) is 2. The van der Waals surface area contributed by atoms with Gasteiger partial charge in [0, 0.05) is 32.0 Å². The van der Waals surface area contributed by atoms with Crippen LogP contribution in [0, 0.1) is 0 Å². The van der Waals surface area contributed by atoms with E-state index in [4.69, 9.17) is 4.74 Å². The van der Waals surface area contributed by atoms with E-state index in [-0.39, 0.29) is 11.4 Å². The number of hydrogen-bond donors (Lipinski definition) is 0. The molecular weight excluding hydrogens is 306 g/mol. The van der Waals surface area contributed by atoms with Gasteiger partial charge in [0.25, 0.3) is 0 Å². The van der Waals surface area contributed by atoms with Crippen LogP contribution in [0.5, 0.6) is 5.75 Å². The average molecular weight is 329 g/mol. The van der Waals surface area contributed by atoms with Crippen molar-refractivity contribution in [2.24, 2.45) is 0 Å². The summed E-state index contributed by atoms with van der Waals surface area (Å²) in [5.41, 5.74) is 1.04.